The van der Waals surface area contributed by atoms with E-state index in [1.54, 1.807) is 6.07 Å². The lowest BCUT2D eigenvalue weighted by Gasteiger charge is -2.11. The summed E-state index contributed by atoms with van der Waals surface area (Å²) in [5, 5.41) is 19.4. The largest absolute Gasteiger partial charge is 0.504 e. The van der Waals surface area contributed by atoms with Crippen molar-refractivity contribution in [2.24, 2.45) is 0 Å². The Morgan fingerprint density at radius 3 is 2.28 bits per heavy atom. The second-order valence-electron chi connectivity index (χ2n) is 4.36. The molecule has 0 fully saturated rings. The van der Waals surface area contributed by atoms with Gasteiger partial charge in [0.15, 0.2) is 11.5 Å². The molecule has 2 aromatic rings. The van der Waals surface area contributed by atoms with Crippen LogP contribution in [-0.2, 0) is 12.8 Å². The Kier molecular flexibility index (Phi) is 3.56. The van der Waals surface area contributed by atoms with Crippen LogP contribution in [0.2, 0.25) is 0 Å². The van der Waals surface area contributed by atoms with Crippen molar-refractivity contribution in [1.82, 2.24) is 0 Å². The quantitative estimate of drug-likeness (QED) is 0.802. The Hall–Kier alpha value is -1.96. The van der Waals surface area contributed by atoms with Gasteiger partial charge in [-0.1, -0.05) is 44.2 Å². The first kappa shape index (κ1) is 12.5. The standard InChI is InChI=1S/C16H18O2/c1-3-11-8-9-13(10-12(11)4-2)14-6-5-7-15(17)16(14)18/h5-10,17-18H,3-4H2,1-2H3. The third-order valence-corrected chi connectivity index (χ3v) is 3.29. The van der Waals surface area contributed by atoms with Gasteiger partial charge in [0.2, 0.25) is 0 Å². The number of hydrogen-bond acceptors (Lipinski definition) is 2. The van der Waals surface area contributed by atoms with E-state index in [0.717, 1.165) is 18.4 Å². The van der Waals surface area contributed by atoms with Crippen LogP contribution in [0.5, 0.6) is 11.5 Å². The SMILES string of the molecule is CCc1ccc(-c2cccc(O)c2O)cc1CC. The number of aryl methyl sites for hydroxylation is 2. The van der Waals surface area contributed by atoms with E-state index < -0.39 is 0 Å². The predicted molar refractivity (Wildman–Crippen MR) is 74.0 cm³/mol. The van der Waals surface area contributed by atoms with Gasteiger partial charge < -0.3 is 10.2 Å². The van der Waals surface area contributed by atoms with E-state index in [1.165, 1.54) is 17.2 Å². The normalized spacial score (nSPS) is 10.6. The Labute approximate surface area is 108 Å². The molecule has 2 rings (SSSR count). The number of benzene rings is 2. The van der Waals surface area contributed by atoms with Crippen LogP contribution in [0.3, 0.4) is 0 Å². The summed E-state index contributed by atoms with van der Waals surface area (Å²) < 4.78 is 0. The van der Waals surface area contributed by atoms with Crippen LogP contribution in [-0.4, -0.2) is 10.2 Å². The fourth-order valence-electron chi connectivity index (χ4n) is 2.23. The fourth-order valence-corrected chi connectivity index (χ4v) is 2.23. The van der Waals surface area contributed by atoms with Crippen molar-refractivity contribution in [2.75, 3.05) is 0 Å². The average Bonchev–Trinajstić information content (AvgIpc) is 2.41. The van der Waals surface area contributed by atoms with Crippen LogP contribution in [0.1, 0.15) is 25.0 Å². The van der Waals surface area contributed by atoms with E-state index in [9.17, 15) is 10.2 Å². The van der Waals surface area contributed by atoms with Crippen molar-refractivity contribution >= 4 is 0 Å². The number of aromatic hydroxyl groups is 2. The zero-order chi connectivity index (χ0) is 13.1. The first-order valence-electron chi connectivity index (χ1n) is 6.30. The Bertz CT molecular complexity index is 559. The zero-order valence-corrected chi connectivity index (χ0v) is 10.8. The first-order valence-corrected chi connectivity index (χ1v) is 6.30. The first-order chi connectivity index (χ1) is 8.67. The van der Waals surface area contributed by atoms with Gasteiger partial charge in [0, 0.05) is 5.56 Å². The Balaban J connectivity index is 2.54. The van der Waals surface area contributed by atoms with Gasteiger partial charge in [0.1, 0.15) is 0 Å². The molecule has 94 valence electrons. The van der Waals surface area contributed by atoms with Gasteiger partial charge >= 0.3 is 0 Å². The highest BCUT2D eigenvalue weighted by Crippen LogP contribution is 2.36. The van der Waals surface area contributed by atoms with Gasteiger partial charge in [0.05, 0.1) is 0 Å². The summed E-state index contributed by atoms with van der Waals surface area (Å²) in [6.45, 7) is 4.26. The monoisotopic (exact) mass is 242 g/mol. The van der Waals surface area contributed by atoms with Crippen molar-refractivity contribution in [3.05, 3.63) is 47.5 Å². The molecule has 0 unspecified atom stereocenters. The highest BCUT2D eigenvalue weighted by atomic mass is 16.3. The molecule has 0 heterocycles. The minimum atomic E-state index is -0.0786. The lowest BCUT2D eigenvalue weighted by atomic mass is 9.96. The molecule has 0 spiro atoms. The van der Waals surface area contributed by atoms with Crippen LogP contribution >= 0.6 is 0 Å². The van der Waals surface area contributed by atoms with E-state index in [4.69, 9.17) is 0 Å². The molecular formula is C16H18O2. The van der Waals surface area contributed by atoms with Gasteiger partial charge in [-0.15, -0.1) is 0 Å². The van der Waals surface area contributed by atoms with Crippen LogP contribution < -0.4 is 0 Å². The molecule has 0 atom stereocenters. The smallest absolute Gasteiger partial charge is 0.165 e. The van der Waals surface area contributed by atoms with Gasteiger partial charge in [0.25, 0.3) is 0 Å². The maximum absolute atomic E-state index is 9.89. The zero-order valence-electron chi connectivity index (χ0n) is 10.8. The number of phenols is 2. The van der Waals surface area contributed by atoms with E-state index in [-0.39, 0.29) is 11.5 Å². The van der Waals surface area contributed by atoms with Crippen molar-refractivity contribution in [2.45, 2.75) is 26.7 Å². The summed E-state index contributed by atoms with van der Waals surface area (Å²) in [6.07, 6.45) is 1.98. The molecule has 0 aromatic heterocycles. The third-order valence-electron chi connectivity index (χ3n) is 3.29. The summed E-state index contributed by atoms with van der Waals surface area (Å²) >= 11 is 0. The summed E-state index contributed by atoms with van der Waals surface area (Å²) in [5.74, 6) is -0.131. The van der Waals surface area contributed by atoms with E-state index in [1.807, 2.05) is 12.1 Å². The third kappa shape index (κ3) is 2.19. The second kappa shape index (κ2) is 5.13. The maximum Gasteiger partial charge on any atom is 0.165 e. The molecule has 0 bridgehead atoms. The van der Waals surface area contributed by atoms with Crippen LogP contribution in [0, 0.1) is 0 Å². The minimum absolute atomic E-state index is 0.0520. The summed E-state index contributed by atoms with van der Waals surface area (Å²) in [7, 11) is 0. The van der Waals surface area contributed by atoms with Gasteiger partial charge in [-0.25, -0.2) is 0 Å². The molecular weight excluding hydrogens is 224 g/mol. The fraction of sp³-hybridized carbons (Fsp3) is 0.250. The summed E-state index contributed by atoms with van der Waals surface area (Å²) in [4.78, 5) is 0. The summed E-state index contributed by atoms with van der Waals surface area (Å²) in [5.41, 5.74) is 4.24. The van der Waals surface area contributed by atoms with Crippen LogP contribution in [0.25, 0.3) is 11.1 Å². The van der Waals surface area contributed by atoms with E-state index in [2.05, 4.69) is 26.0 Å². The minimum Gasteiger partial charge on any atom is -0.504 e. The molecule has 0 radical (unpaired) electrons. The Morgan fingerprint density at radius 1 is 0.889 bits per heavy atom. The van der Waals surface area contributed by atoms with Crippen LogP contribution in [0.4, 0.5) is 0 Å². The van der Waals surface area contributed by atoms with Gasteiger partial charge in [-0.3, -0.25) is 0 Å². The van der Waals surface area contributed by atoms with E-state index >= 15 is 0 Å². The number of hydrogen-bond donors (Lipinski definition) is 2. The molecule has 2 heteroatoms. The Morgan fingerprint density at radius 2 is 1.61 bits per heavy atom. The molecule has 0 aliphatic rings. The van der Waals surface area contributed by atoms with Crippen molar-refractivity contribution < 1.29 is 10.2 Å². The molecule has 0 saturated carbocycles. The van der Waals surface area contributed by atoms with Gasteiger partial charge in [-0.05, 0) is 35.6 Å². The molecule has 2 N–H and O–H groups in total. The molecule has 2 nitrogen and oxygen atoms in total. The average molecular weight is 242 g/mol. The van der Waals surface area contributed by atoms with Crippen molar-refractivity contribution in [1.29, 1.82) is 0 Å². The lowest BCUT2D eigenvalue weighted by Crippen LogP contribution is -1.92. The lowest BCUT2D eigenvalue weighted by molar-refractivity contribution is 0.405. The van der Waals surface area contributed by atoms with Crippen molar-refractivity contribution in [3.63, 3.8) is 0 Å². The van der Waals surface area contributed by atoms with E-state index in [0.29, 0.717) is 5.56 Å². The summed E-state index contributed by atoms with van der Waals surface area (Å²) in [6, 6.07) is 11.2. The number of para-hydroxylation sites is 1. The van der Waals surface area contributed by atoms with Crippen LogP contribution in [0.15, 0.2) is 36.4 Å². The molecule has 0 saturated heterocycles. The predicted octanol–water partition coefficient (Wildman–Crippen LogP) is 3.89. The highest BCUT2D eigenvalue weighted by Gasteiger charge is 2.09. The molecule has 0 aliphatic heterocycles. The number of phenolic OH excluding ortho intramolecular Hbond substituents is 2. The second-order valence-corrected chi connectivity index (χ2v) is 4.36. The maximum atomic E-state index is 9.89. The molecule has 0 amide bonds. The highest BCUT2D eigenvalue weighted by molar-refractivity contribution is 5.73. The number of rotatable bonds is 3. The molecule has 18 heavy (non-hydrogen) atoms. The molecule has 0 aliphatic carbocycles. The molecule has 2 aromatic carbocycles. The topological polar surface area (TPSA) is 40.5 Å². The van der Waals surface area contributed by atoms with Gasteiger partial charge in [-0.2, -0.15) is 0 Å². The van der Waals surface area contributed by atoms with Crippen molar-refractivity contribution in [3.8, 4) is 22.6 Å².